The van der Waals surface area contributed by atoms with E-state index in [9.17, 15) is 13.2 Å². The summed E-state index contributed by atoms with van der Waals surface area (Å²) in [5.74, 6) is -0.305. The van der Waals surface area contributed by atoms with Gasteiger partial charge in [0.1, 0.15) is 0 Å². The van der Waals surface area contributed by atoms with E-state index in [-0.39, 0.29) is 24.6 Å². The van der Waals surface area contributed by atoms with Gasteiger partial charge in [0.25, 0.3) is 0 Å². The van der Waals surface area contributed by atoms with Crippen molar-refractivity contribution >= 4 is 15.9 Å². The number of nitrogens with zero attached hydrogens (tertiary/aromatic N) is 1. The number of amides is 1. The first-order valence-corrected chi connectivity index (χ1v) is 7.48. The molecule has 0 aromatic rings. The highest BCUT2D eigenvalue weighted by atomic mass is 32.2. The maximum absolute atomic E-state index is 11.6. The van der Waals surface area contributed by atoms with E-state index in [0.717, 1.165) is 30.0 Å². The Balaban J connectivity index is 2.38. The van der Waals surface area contributed by atoms with Crippen molar-refractivity contribution in [1.29, 1.82) is 0 Å². The number of ether oxygens (including phenoxy) is 1. The van der Waals surface area contributed by atoms with E-state index in [1.54, 1.807) is 0 Å². The second-order valence-corrected chi connectivity index (χ2v) is 6.52. The first-order valence-electron chi connectivity index (χ1n) is 5.63. The summed E-state index contributed by atoms with van der Waals surface area (Å²) >= 11 is 0. The average Bonchev–Trinajstić information content (AvgIpc) is 2.68. The molecule has 0 bridgehead atoms. The summed E-state index contributed by atoms with van der Waals surface area (Å²) in [7, 11) is -1.93. The van der Waals surface area contributed by atoms with Gasteiger partial charge < -0.3 is 10.1 Å². The minimum absolute atomic E-state index is 0.0440. The van der Waals surface area contributed by atoms with E-state index in [0.29, 0.717) is 0 Å². The molecule has 6 nitrogen and oxygen atoms in total. The Labute approximate surface area is 102 Å². The summed E-state index contributed by atoms with van der Waals surface area (Å²) in [6.45, 7) is 2.44. The molecule has 100 valence electrons. The van der Waals surface area contributed by atoms with E-state index >= 15 is 0 Å². The summed E-state index contributed by atoms with van der Waals surface area (Å²) in [5, 5.41) is 2.75. The Kier molecular flexibility index (Phi) is 4.91. The zero-order valence-corrected chi connectivity index (χ0v) is 11.3. The molecule has 2 unspecified atom stereocenters. The SMILES string of the molecule is CC(NC(=O)CN(C)S(C)(=O)=O)C1CCCO1. The van der Waals surface area contributed by atoms with Crippen molar-refractivity contribution in [1.82, 2.24) is 9.62 Å². The molecule has 2 atom stereocenters. The summed E-state index contributed by atoms with van der Waals surface area (Å²) in [6, 6.07) is -0.0852. The van der Waals surface area contributed by atoms with E-state index < -0.39 is 10.0 Å². The number of hydrogen-bond acceptors (Lipinski definition) is 4. The molecule has 1 heterocycles. The average molecular weight is 264 g/mol. The third-order valence-electron chi connectivity index (χ3n) is 2.84. The maximum atomic E-state index is 11.6. The maximum Gasteiger partial charge on any atom is 0.235 e. The second-order valence-electron chi connectivity index (χ2n) is 4.43. The van der Waals surface area contributed by atoms with Crippen LogP contribution < -0.4 is 5.32 Å². The summed E-state index contributed by atoms with van der Waals surface area (Å²) in [5.41, 5.74) is 0. The fourth-order valence-corrected chi connectivity index (χ4v) is 2.06. The molecule has 0 aromatic heterocycles. The molecule has 0 aliphatic carbocycles. The highest BCUT2D eigenvalue weighted by molar-refractivity contribution is 7.88. The molecule has 1 fully saturated rings. The molecule has 0 saturated carbocycles. The van der Waals surface area contributed by atoms with Crippen LogP contribution in [0.4, 0.5) is 0 Å². The molecule has 1 amide bonds. The lowest BCUT2D eigenvalue weighted by Gasteiger charge is -2.21. The normalized spacial score (nSPS) is 22.7. The van der Waals surface area contributed by atoms with Crippen LogP contribution in [0, 0.1) is 0 Å². The van der Waals surface area contributed by atoms with Gasteiger partial charge in [-0.15, -0.1) is 0 Å². The lowest BCUT2D eigenvalue weighted by atomic mass is 10.1. The van der Waals surface area contributed by atoms with Crippen LogP contribution in [0.2, 0.25) is 0 Å². The lowest BCUT2D eigenvalue weighted by Crippen LogP contribution is -2.45. The third-order valence-corrected chi connectivity index (χ3v) is 4.11. The minimum atomic E-state index is -3.31. The minimum Gasteiger partial charge on any atom is -0.376 e. The highest BCUT2D eigenvalue weighted by Crippen LogP contribution is 2.15. The Hall–Kier alpha value is -0.660. The Bertz CT molecular complexity index is 363. The van der Waals surface area contributed by atoms with Crippen LogP contribution in [0.5, 0.6) is 0 Å². The molecule has 17 heavy (non-hydrogen) atoms. The zero-order valence-electron chi connectivity index (χ0n) is 10.5. The summed E-state index contributed by atoms with van der Waals surface area (Å²) < 4.78 is 28.7. The molecule has 7 heteroatoms. The Morgan fingerprint density at radius 3 is 2.71 bits per heavy atom. The number of sulfonamides is 1. The number of nitrogens with one attached hydrogen (secondary N) is 1. The largest absolute Gasteiger partial charge is 0.376 e. The Morgan fingerprint density at radius 2 is 2.24 bits per heavy atom. The number of hydrogen-bond donors (Lipinski definition) is 1. The molecule has 0 spiro atoms. The molecule has 1 aliphatic rings. The van der Waals surface area contributed by atoms with Crippen LogP contribution >= 0.6 is 0 Å². The molecule has 0 radical (unpaired) electrons. The van der Waals surface area contributed by atoms with Crippen molar-refractivity contribution < 1.29 is 17.9 Å². The number of rotatable bonds is 5. The van der Waals surface area contributed by atoms with Crippen LogP contribution in [0.3, 0.4) is 0 Å². The first-order chi connectivity index (χ1) is 7.80. The standard InChI is InChI=1S/C10H20N2O4S/c1-8(9-5-4-6-16-9)11-10(13)7-12(2)17(3,14)15/h8-9H,4-7H2,1-3H3,(H,11,13). The monoisotopic (exact) mass is 264 g/mol. The van der Waals surface area contributed by atoms with E-state index in [4.69, 9.17) is 4.74 Å². The van der Waals surface area contributed by atoms with Crippen LogP contribution in [0.15, 0.2) is 0 Å². The van der Waals surface area contributed by atoms with Gasteiger partial charge in [0, 0.05) is 13.7 Å². The molecular formula is C10H20N2O4S. The molecular weight excluding hydrogens is 244 g/mol. The topological polar surface area (TPSA) is 75.7 Å². The van der Waals surface area contributed by atoms with Gasteiger partial charge in [-0.25, -0.2) is 8.42 Å². The number of likely N-dealkylation sites (N-methyl/N-ethyl adjacent to an activating group) is 1. The zero-order chi connectivity index (χ0) is 13.1. The van der Waals surface area contributed by atoms with Crippen LogP contribution in [0.25, 0.3) is 0 Å². The Morgan fingerprint density at radius 1 is 1.59 bits per heavy atom. The molecule has 0 aromatic carbocycles. The van der Waals surface area contributed by atoms with Crippen LogP contribution in [0.1, 0.15) is 19.8 Å². The van der Waals surface area contributed by atoms with Crippen molar-refractivity contribution in [3.63, 3.8) is 0 Å². The van der Waals surface area contributed by atoms with Gasteiger partial charge in [0.05, 0.1) is 24.9 Å². The van der Waals surface area contributed by atoms with Crippen molar-refractivity contribution in [3.05, 3.63) is 0 Å². The van der Waals surface area contributed by atoms with E-state index in [2.05, 4.69) is 5.32 Å². The van der Waals surface area contributed by atoms with Gasteiger partial charge in [-0.2, -0.15) is 4.31 Å². The second kappa shape index (κ2) is 5.79. The smallest absolute Gasteiger partial charge is 0.235 e. The van der Waals surface area contributed by atoms with E-state index in [1.807, 2.05) is 6.92 Å². The van der Waals surface area contributed by atoms with Gasteiger partial charge in [-0.3, -0.25) is 4.79 Å². The van der Waals surface area contributed by atoms with Crippen LogP contribution in [-0.2, 0) is 19.6 Å². The molecule has 1 N–H and O–H groups in total. The van der Waals surface area contributed by atoms with Gasteiger partial charge in [0.2, 0.25) is 15.9 Å². The van der Waals surface area contributed by atoms with E-state index in [1.165, 1.54) is 7.05 Å². The van der Waals surface area contributed by atoms with Crippen molar-refractivity contribution in [3.8, 4) is 0 Å². The molecule has 1 aliphatic heterocycles. The summed E-state index contributed by atoms with van der Waals surface area (Å²) in [6.07, 6.45) is 3.06. The van der Waals surface area contributed by atoms with Gasteiger partial charge in [0.15, 0.2) is 0 Å². The number of carbonyl (C=O) groups excluding carboxylic acids is 1. The quantitative estimate of drug-likeness (QED) is 0.730. The third kappa shape index (κ3) is 4.61. The number of carbonyl (C=O) groups is 1. The fourth-order valence-electron chi connectivity index (χ4n) is 1.71. The van der Waals surface area contributed by atoms with Crippen molar-refractivity contribution in [2.24, 2.45) is 0 Å². The van der Waals surface area contributed by atoms with Crippen molar-refractivity contribution in [2.75, 3.05) is 26.5 Å². The van der Waals surface area contributed by atoms with Crippen molar-refractivity contribution in [2.45, 2.75) is 31.9 Å². The van der Waals surface area contributed by atoms with Gasteiger partial charge >= 0.3 is 0 Å². The van der Waals surface area contributed by atoms with Crippen LogP contribution in [-0.4, -0.2) is 57.2 Å². The molecule has 1 saturated heterocycles. The predicted molar refractivity (Wildman–Crippen MR) is 64.1 cm³/mol. The predicted octanol–water partition coefficient (Wildman–Crippen LogP) is -0.438. The summed E-state index contributed by atoms with van der Waals surface area (Å²) in [4.78, 5) is 11.6. The van der Waals surface area contributed by atoms with Gasteiger partial charge in [-0.05, 0) is 19.8 Å². The highest BCUT2D eigenvalue weighted by Gasteiger charge is 2.24. The molecule has 1 rings (SSSR count). The first kappa shape index (κ1) is 14.4. The fraction of sp³-hybridized carbons (Fsp3) is 0.900. The lowest BCUT2D eigenvalue weighted by molar-refractivity contribution is -0.122. The van der Waals surface area contributed by atoms with Gasteiger partial charge in [-0.1, -0.05) is 0 Å².